The van der Waals surface area contributed by atoms with Gasteiger partial charge in [-0.2, -0.15) is 0 Å². The van der Waals surface area contributed by atoms with Gasteiger partial charge in [-0.15, -0.1) is 0 Å². The molecule has 0 spiro atoms. The van der Waals surface area contributed by atoms with Crippen molar-refractivity contribution in [2.24, 2.45) is 5.73 Å². The van der Waals surface area contributed by atoms with Crippen LogP contribution >= 0.6 is 0 Å². The Labute approximate surface area is 159 Å². The summed E-state index contributed by atoms with van der Waals surface area (Å²) in [6.07, 6.45) is 0.613. The van der Waals surface area contributed by atoms with Crippen LogP contribution in [-0.2, 0) is 27.2 Å². The molecular formula is C21H25N3O3. The normalized spacial score (nSPS) is 12.7. The van der Waals surface area contributed by atoms with Crippen LogP contribution < -0.4 is 16.4 Å². The second-order valence-electron chi connectivity index (χ2n) is 6.60. The molecule has 0 saturated carbocycles. The second-order valence-corrected chi connectivity index (χ2v) is 6.60. The van der Waals surface area contributed by atoms with E-state index in [0.717, 1.165) is 16.7 Å². The zero-order valence-corrected chi connectivity index (χ0v) is 15.6. The van der Waals surface area contributed by atoms with Gasteiger partial charge in [-0.3, -0.25) is 14.4 Å². The first-order valence-electron chi connectivity index (χ1n) is 8.81. The highest BCUT2D eigenvalue weighted by atomic mass is 16.2. The minimum absolute atomic E-state index is 0.291. The molecule has 0 aliphatic heterocycles. The summed E-state index contributed by atoms with van der Waals surface area (Å²) in [6, 6.07) is 15.4. The molecule has 0 saturated heterocycles. The molecule has 0 aliphatic carbocycles. The fraction of sp³-hybridized carbons (Fsp3) is 0.286. The number of primary amides is 1. The van der Waals surface area contributed by atoms with E-state index in [9.17, 15) is 14.4 Å². The van der Waals surface area contributed by atoms with Gasteiger partial charge >= 0.3 is 0 Å². The van der Waals surface area contributed by atoms with E-state index in [1.54, 1.807) is 0 Å². The van der Waals surface area contributed by atoms with Gasteiger partial charge in [0.05, 0.1) is 0 Å². The van der Waals surface area contributed by atoms with Crippen molar-refractivity contribution in [3.8, 4) is 0 Å². The molecular weight excluding hydrogens is 342 g/mol. The molecule has 2 aromatic carbocycles. The molecule has 6 nitrogen and oxygen atoms in total. The highest BCUT2D eigenvalue weighted by molar-refractivity contribution is 5.91. The Hall–Kier alpha value is -3.15. The standard InChI is InChI=1S/C21H25N3O3/c1-14-8-10-17(11-9-14)12-18(20(22)26)24-21(27)19(23-15(2)25)13-16-6-4-3-5-7-16/h3-11,18-19H,12-13H2,1-2H3,(H2,22,26)(H,23,25)(H,24,27)/t18-,19+/m1/s1. The van der Waals surface area contributed by atoms with E-state index < -0.39 is 23.9 Å². The topological polar surface area (TPSA) is 101 Å². The number of nitrogens with one attached hydrogen (secondary N) is 2. The highest BCUT2D eigenvalue weighted by Crippen LogP contribution is 2.08. The van der Waals surface area contributed by atoms with Crippen LogP contribution in [0.3, 0.4) is 0 Å². The zero-order valence-electron chi connectivity index (χ0n) is 15.6. The smallest absolute Gasteiger partial charge is 0.243 e. The molecule has 0 bridgehead atoms. The number of amides is 3. The quantitative estimate of drug-likeness (QED) is 0.654. The molecule has 2 rings (SSSR count). The summed E-state index contributed by atoms with van der Waals surface area (Å²) < 4.78 is 0. The first kappa shape index (κ1) is 20.2. The number of hydrogen-bond acceptors (Lipinski definition) is 3. The predicted molar refractivity (Wildman–Crippen MR) is 104 cm³/mol. The van der Waals surface area contributed by atoms with E-state index in [1.165, 1.54) is 6.92 Å². The Morgan fingerprint density at radius 1 is 0.852 bits per heavy atom. The van der Waals surface area contributed by atoms with Gasteiger partial charge < -0.3 is 16.4 Å². The van der Waals surface area contributed by atoms with Crippen LogP contribution in [0, 0.1) is 6.92 Å². The van der Waals surface area contributed by atoms with E-state index in [1.807, 2.05) is 61.5 Å². The predicted octanol–water partition coefficient (Wildman–Crippen LogP) is 1.26. The minimum Gasteiger partial charge on any atom is -0.368 e. The summed E-state index contributed by atoms with van der Waals surface area (Å²) in [6.45, 7) is 3.32. The number of benzene rings is 2. The van der Waals surface area contributed by atoms with Crippen molar-refractivity contribution in [3.05, 3.63) is 71.3 Å². The number of hydrogen-bond donors (Lipinski definition) is 3. The van der Waals surface area contributed by atoms with Crippen LogP contribution in [0.25, 0.3) is 0 Å². The van der Waals surface area contributed by atoms with Gasteiger partial charge in [0.25, 0.3) is 0 Å². The summed E-state index contributed by atoms with van der Waals surface area (Å²) >= 11 is 0. The molecule has 0 aliphatic rings. The molecule has 0 aromatic heterocycles. The molecule has 2 atom stereocenters. The fourth-order valence-electron chi connectivity index (χ4n) is 2.76. The Balaban J connectivity index is 2.10. The number of rotatable bonds is 8. The molecule has 0 radical (unpaired) electrons. The van der Waals surface area contributed by atoms with Gasteiger partial charge in [0.15, 0.2) is 0 Å². The van der Waals surface area contributed by atoms with E-state index in [2.05, 4.69) is 10.6 Å². The van der Waals surface area contributed by atoms with Gasteiger partial charge in [0.1, 0.15) is 12.1 Å². The maximum atomic E-state index is 12.7. The third-order valence-electron chi connectivity index (χ3n) is 4.20. The van der Waals surface area contributed by atoms with Crippen LogP contribution in [0.15, 0.2) is 54.6 Å². The zero-order chi connectivity index (χ0) is 19.8. The van der Waals surface area contributed by atoms with Gasteiger partial charge in [-0.25, -0.2) is 0 Å². The van der Waals surface area contributed by atoms with Crippen LogP contribution in [-0.4, -0.2) is 29.8 Å². The summed E-state index contributed by atoms with van der Waals surface area (Å²) in [7, 11) is 0. The van der Waals surface area contributed by atoms with Crippen molar-refractivity contribution in [2.75, 3.05) is 0 Å². The lowest BCUT2D eigenvalue weighted by Gasteiger charge is -2.22. The Morgan fingerprint density at radius 2 is 1.41 bits per heavy atom. The first-order chi connectivity index (χ1) is 12.8. The van der Waals surface area contributed by atoms with Crippen LogP contribution in [0.5, 0.6) is 0 Å². The van der Waals surface area contributed by atoms with Crippen molar-refractivity contribution >= 4 is 17.7 Å². The molecule has 142 valence electrons. The lowest BCUT2D eigenvalue weighted by Crippen LogP contribution is -2.54. The second kappa shape index (κ2) is 9.52. The van der Waals surface area contributed by atoms with Gasteiger partial charge in [0.2, 0.25) is 17.7 Å². The Bertz CT molecular complexity index is 788. The highest BCUT2D eigenvalue weighted by Gasteiger charge is 2.25. The fourth-order valence-corrected chi connectivity index (χ4v) is 2.76. The average molecular weight is 367 g/mol. The van der Waals surface area contributed by atoms with Crippen LogP contribution in [0.1, 0.15) is 23.6 Å². The molecule has 3 amide bonds. The number of aryl methyl sites for hydroxylation is 1. The number of carbonyl (C=O) groups excluding carboxylic acids is 3. The molecule has 6 heteroatoms. The minimum atomic E-state index is -0.854. The first-order valence-corrected chi connectivity index (χ1v) is 8.81. The van der Waals surface area contributed by atoms with E-state index in [-0.39, 0.29) is 5.91 Å². The summed E-state index contributed by atoms with van der Waals surface area (Å²) in [4.78, 5) is 36.0. The van der Waals surface area contributed by atoms with Crippen LogP contribution in [0.4, 0.5) is 0 Å². The summed E-state index contributed by atoms with van der Waals surface area (Å²) in [5, 5.41) is 5.32. The SMILES string of the molecule is CC(=O)N[C@@H](Cc1ccccc1)C(=O)N[C@H](Cc1ccc(C)cc1)C(N)=O. The maximum Gasteiger partial charge on any atom is 0.243 e. The lowest BCUT2D eigenvalue weighted by atomic mass is 10.0. The number of nitrogens with two attached hydrogens (primary N) is 1. The molecule has 2 aromatic rings. The summed E-state index contributed by atoms with van der Waals surface area (Å²) in [5.41, 5.74) is 8.38. The monoisotopic (exact) mass is 367 g/mol. The Morgan fingerprint density at radius 3 is 1.96 bits per heavy atom. The van der Waals surface area contributed by atoms with Crippen molar-refractivity contribution in [2.45, 2.75) is 38.8 Å². The molecule has 27 heavy (non-hydrogen) atoms. The van der Waals surface area contributed by atoms with Crippen LogP contribution in [0.2, 0.25) is 0 Å². The lowest BCUT2D eigenvalue weighted by molar-refractivity contribution is -0.130. The van der Waals surface area contributed by atoms with E-state index in [0.29, 0.717) is 12.8 Å². The number of carbonyl (C=O) groups is 3. The molecule has 0 unspecified atom stereocenters. The third-order valence-corrected chi connectivity index (χ3v) is 4.20. The Kier molecular flexibility index (Phi) is 7.11. The third kappa shape index (κ3) is 6.58. The summed E-state index contributed by atoms with van der Waals surface area (Å²) in [5.74, 6) is -1.38. The molecule has 0 heterocycles. The van der Waals surface area contributed by atoms with Gasteiger partial charge in [-0.05, 0) is 18.1 Å². The molecule has 0 fully saturated rings. The van der Waals surface area contributed by atoms with Crippen molar-refractivity contribution in [1.82, 2.24) is 10.6 Å². The average Bonchev–Trinajstić information content (AvgIpc) is 2.62. The molecule has 4 N–H and O–H groups in total. The largest absolute Gasteiger partial charge is 0.368 e. The van der Waals surface area contributed by atoms with Gasteiger partial charge in [-0.1, -0.05) is 60.2 Å². The van der Waals surface area contributed by atoms with Crippen molar-refractivity contribution < 1.29 is 14.4 Å². The van der Waals surface area contributed by atoms with Gasteiger partial charge in [0, 0.05) is 19.8 Å². The maximum absolute atomic E-state index is 12.7. The van der Waals surface area contributed by atoms with E-state index >= 15 is 0 Å². The van der Waals surface area contributed by atoms with Crippen molar-refractivity contribution in [1.29, 1.82) is 0 Å². The van der Waals surface area contributed by atoms with Crippen molar-refractivity contribution in [3.63, 3.8) is 0 Å². The van der Waals surface area contributed by atoms with E-state index in [4.69, 9.17) is 5.73 Å².